The number of aromatic nitrogens is 3. The Morgan fingerprint density at radius 2 is 2.28 bits per heavy atom. The highest BCUT2D eigenvalue weighted by atomic mass is 15.4. The summed E-state index contributed by atoms with van der Waals surface area (Å²) in [5.41, 5.74) is 13.8. The molecule has 1 atom stereocenters. The van der Waals surface area contributed by atoms with E-state index in [1.807, 2.05) is 10.7 Å². The summed E-state index contributed by atoms with van der Waals surface area (Å²) in [7, 11) is 0. The number of nitrogens with zero attached hydrogens (tertiary/aromatic N) is 3. The van der Waals surface area contributed by atoms with E-state index in [1.165, 1.54) is 5.56 Å². The third kappa shape index (κ3) is 1.86. The Hall–Kier alpha value is -1.88. The lowest BCUT2D eigenvalue weighted by atomic mass is 9.90. The molecule has 18 heavy (non-hydrogen) atoms. The van der Waals surface area contributed by atoms with Gasteiger partial charge in [-0.2, -0.15) is 4.98 Å². The summed E-state index contributed by atoms with van der Waals surface area (Å²) in [6.07, 6.45) is 2.19. The van der Waals surface area contributed by atoms with Crippen molar-refractivity contribution in [2.24, 2.45) is 5.73 Å². The number of anilines is 1. The zero-order valence-electron chi connectivity index (χ0n) is 10.2. The normalized spacial score (nSPS) is 18.6. The van der Waals surface area contributed by atoms with E-state index in [9.17, 15) is 0 Å². The second kappa shape index (κ2) is 4.42. The Bertz CT molecular complexity index is 560. The summed E-state index contributed by atoms with van der Waals surface area (Å²) in [4.78, 5) is 4.36. The zero-order valence-corrected chi connectivity index (χ0v) is 10.2. The number of fused-ring (bicyclic) bond motifs is 1. The highest BCUT2D eigenvalue weighted by Gasteiger charge is 2.25. The molecule has 0 radical (unpaired) electrons. The zero-order chi connectivity index (χ0) is 12.5. The lowest BCUT2D eigenvalue weighted by Gasteiger charge is -2.22. The molecule has 3 rings (SSSR count). The number of hydrogen-bond acceptors (Lipinski definition) is 4. The first kappa shape index (κ1) is 11.2. The molecule has 0 bridgehead atoms. The van der Waals surface area contributed by atoms with Crippen LogP contribution in [0.2, 0.25) is 0 Å². The average molecular weight is 243 g/mol. The monoisotopic (exact) mass is 243 g/mol. The minimum atomic E-state index is 0.287. The first-order chi connectivity index (χ1) is 8.78. The van der Waals surface area contributed by atoms with E-state index in [1.54, 1.807) is 0 Å². The summed E-state index contributed by atoms with van der Waals surface area (Å²) in [6.45, 7) is 1.47. The summed E-state index contributed by atoms with van der Waals surface area (Å²) in [6, 6.07) is 8.39. The van der Waals surface area contributed by atoms with Crippen molar-refractivity contribution in [2.45, 2.75) is 31.8 Å². The van der Waals surface area contributed by atoms with Crippen LogP contribution in [0, 0.1) is 0 Å². The van der Waals surface area contributed by atoms with E-state index >= 15 is 0 Å². The van der Waals surface area contributed by atoms with Gasteiger partial charge in [-0.25, -0.2) is 4.68 Å². The van der Waals surface area contributed by atoms with Gasteiger partial charge in [0.1, 0.15) is 5.82 Å². The van der Waals surface area contributed by atoms with Crippen molar-refractivity contribution < 1.29 is 0 Å². The van der Waals surface area contributed by atoms with Crippen molar-refractivity contribution in [3.05, 3.63) is 41.2 Å². The third-order valence-corrected chi connectivity index (χ3v) is 3.48. The van der Waals surface area contributed by atoms with Gasteiger partial charge in [0.15, 0.2) is 0 Å². The van der Waals surface area contributed by atoms with Crippen molar-refractivity contribution in [2.75, 3.05) is 5.73 Å². The van der Waals surface area contributed by atoms with Crippen LogP contribution in [-0.4, -0.2) is 14.8 Å². The van der Waals surface area contributed by atoms with Gasteiger partial charge in [-0.05, 0) is 24.0 Å². The molecule has 0 fully saturated rings. The fourth-order valence-corrected chi connectivity index (χ4v) is 2.62. The van der Waals surface area contributed by atoms with E-state index in [0.717, 1.165) is 30.8 Å². The molecule has 1 aromatic carbocycles. The van der Waals surface area contributed by atoms with Gasteiger partial charge in [0.25, 0.3) is 0 Å². The van der Waals surface area contributed by atoms with E-state index in [-0.39, 0.29) is 5.92 Å². The van der Waals surface area contributed by atoms with Crippen molar-refractivity contribution in [3.63, 3.8) is 0 Å². The van der Waals surface area contributed by atoms with Crippen LogP contribution in [0.3, 0.4) is 0 Å². The van der Waals surface area contributed by atoms with E-state index in [0.29, 0.717) is 12.5 Å². The van der Waals surface area contributed by atoms with Gasteiger partial charge >= 0.3 is 0 Å². The summed E-state index contributed by atoms with van der Waals surface area (Å²) in [5, 5.41) is 4.23. The summed E-state index contributed by atoms with van der Waals surface area (Å²) in [5.74, 6) is 1.63. The molecule has 2 heterocycles. The van der Waals surface area contributed by atoms with E-state index in [2.05, 4.69) is 28.3 Å². The number of hydrogen-bond donors (Lipinski definition) is 2. The minimum Gasteiger partial charge on any atom is -0.366 e. The Balaban J connectivity index is 2.02. The molecule has 4 N–H and O–H groups in total. The average Bonchev–Trinajstić information content (AvgIpc) is 2.78. The number of benzene rings is 1. The van der Waals surface area contributed by atoms with Gasteiger partial charge in [-0.15, -0.1) is 5.10 Å². The van der Waals surface area contributed by atoms with Crippen LogP contribution < -0.4 is 11.5 Å². The summed E-state index contributed by atoms with van der Waals surface area (Å²) >= 11 is 0. The first-order valence-corrected chi connectivity index (χ1v) is 6.27. The predicted octanol–water partition coefficient (Wildman–Crippen LogP) is 1.24. The van der Waals surface area contributed by atoms with Crippen LogP contribution in [0.1, 0.15) is 35.7 Å². The highest BCUT2D eigenvalue weighted by Crippen LogP contribution is 2.32. The summed E-state index contributed by atoms with van der Waals surface area (Å²) < 4.78 is 1.93. The van der Waals surface area contributed by atoms with Gasteiger partial charge in [0.05, 0.1) is 0 Å². The Morgan fingerprint density at radius 3 is 3.11 bits per heavy atom. The highest BCUT2D eigenvalue weighted by molar-refractivity contribution is 5.32. The molecule has 0 amide bonds. The van der Waals surface area contributed by atoms with E-state index in [4.69, 9.17) is 11.5 Å². The Morgan fingerprint density at radius 1 is 1.39 bits per heavy atom. The lowest BCUT2D eigenvalue weighted by molar-refractivity contribution is 0.446. The molecule has 0 spiro atoms. The fourth-order valence-electron chi connectivity index (χ4n) is 2.62. The molecule has 0 saturated heterocycles. The van der Waals surface area contributed by atoms with Crippen molar-refractivity contribution in [1.29, 1.82) is 0 Å². The molecule has 5 heteroatoms. The first-order valence-electron chi connectivity index (χ1n) is 6.27. The maximum absolute atomic E-state index is 5.69. The molecule has 94 valence electrons. The van der Waals surface area contributed by atoms with Gasteiger partial charge in [0, 0.05) is 19.0 Å². The van der Waals surface area contributed by atoms with Crippen LogP contribution in [0.25, 0.3) is 0 Å². The van der Waals surface area contributed by atoms with Crippen molar-refractivity contribution >= 4 is 5.95 Å². The smallest absolute Gasteiger partial charge is 0.239 e. The van der Waals surface area contributed by atoms with Gasteiger partial charge in [-0.1, -0.05) is 24.3 Å². The predicted molar refractivity (Wildman–Crippen MR) is 69.8 cm³/mol. The molecule has 5 nitrogen and oxygen atoms in total. The fraction of sp³-hybridized carbons (Fsp3) is 0.385. The third-order valence-electron chi connectivity index (χ3n) is 3.48. The number of nitrogen functional groups attached to an aromatic ring is 1. The molecule has 0 saturated carbocycles. The molecule has 2 aromatic rings. The number of rotatable bonds is 2. The quantitative estimate of drug-likeness (QED) is 0.831. The van der Waals surface area contributed by atoms with Gasteiger partial charge in [-0.3, -0.25) is 0 Å². The largest absolute Gasteiger partial charge is 0.366 e. The van der Waals surface area contributed by atoms with Crippen LogP contribution in [0.4, 0.5) is 5.95 Å². The molecule has 1 aliphatic heterocycles. The van der Waals surface area contributed by atoms with Gasteiger partial charge < -0.3 is 11.5 Å². The van der Waals surface area contributed by atoms with Crippen molar-refractivity contribution in [3.8, 4) is 0 Å². The van der Waals surface area contributed by atoms with Crippen LogP contribution in [0.15, 0.2) is 24.3 Å². The maximum Gasteiger partial charge on any atom is 0.239 e. The van der Waals surface area contributed by atoms with Crippen molar-refractivity contribution in [1.82, 2.24) is 14.8 Å². The lowest BCUT2D eigenvalue weighted by Crippen LogP contribution is -2.18. The standard InChI is InChI=1S/C13H17N5/c14-8-9-3-1-4-10(7-9)11-5-2-6-18-12(11)16-13(15)17-18/h1,3-4,7,11H,2,5-6,8,14H2,(H2,15,17). The molecule has 1 unspecified atom stereocenters. The molecular weight excluding hydrogens is 226 g/mol. The topological polar surface area (TPSA) is 82.8 Å². The Labute approximate surface area is 106 Å². The molecule has 1 aliphatic rings. The second-order valence-electron chi connectivity index (χ2n) is 4.70. The molecular formula is C13H17N5. The minimum absolute atomic E-state index is 0.287. The SMILES string of the molecule is NCc1cccc(C2CCCn3nc(N)nc32)c1. The van der Waals surface area contributed by atoms with Gasteiger partial charge in [0.2, 0.25) is 5.95 Å². The van der Waals surface area contributed by atoms with E-state index < -0.39 is 0 Å². The van der Waals surface area contributed by atoms with Crippen LogP contribution in [0.5, 0.6) is 0 Å². The van der Waals surface area contributed by atoms with Crippen LogP contribution >= 0.6 is 0 Å². The number of nitrogens with two attached hydrogens (primary N) is 2. The second-order valence-corrected chi connectivity index (χ2v) is 4.70. The molecule has 1 aromatic heterocycles. The Kier molecular flexibility index (Phi) is 2.76. The van der Waals surface area contributed by atoms with Crippen LogP contribution in [-0.2, 0) is 13.1 Å². The molecule has 0 aliphatic carbocycles. The maximum atomic E-state index is 5.69. The number of aryl methyl sites for hydroxylation is 1.